The second kappa shape index (κ2) is 8.96. The van der Waals surface area contributed by atoms with Gasteiger partial charge in [-0.05, 0) is 45.2 Å². The van der Waals surface area contributed by atoms with Crippen LogP contribution in [0.1, 0.15) is 30.5 Å². The third-order valence-electron chi connectivity index (χ3n) is 4.75. The van der Waals surface area contributed by atoms with E-state index in [1.54, 1.807) is 0 Å². The molecule has 29 heavy (non-hydrogen) atoms. The Morgan fingerprint density at radius 3 is 2.59 bits per heavy atom. The number of hydrogen-bond acceptors (Lipinski definition) is 7. The minimum Gasteiger partial charge on any atom is -0.341 e. The summed E-state index contributed by atoms with van der Waals surface area (Å²) in [6.45, 7) is 5.95. The van der Waals surface area contributed by atoms with Crippen molar-refractivity contribution in [2.75, 3.05) is 29.1 Å². The number of thiazole rings is 1. The van der Waals surface area contributed by atoms with Crippen LogP contribution < -0.4 is 10.2 Å². The van der Waals surface area contributed by atoms with Crippen molar-refractivity contribution in [3.05, 3.63) is 40.9 Å². The Bertz CT molecular complexity index is 975. The first-order valence-corrected chi connectivity index (χ1v) is 11.6. The topological polar surface area (TPSA) is 75.9 Å². The Morgan fingerprint density at radius 1 is 1.14 bits per heavy atom. The van der Waals surface area contributed by atoms with E-state index in [0.717, 1.165) is 35.6 Å². The monoisotopic (exact) mass is 428 g/mol. The van der Waals surface area contributed by atoms with Crippen molar-refractivity contribution in [1.82, 2.24) is 19.7 Å². The second-order valence-electron chi connectivity index (χ2n) is 7.13. The summed E-state index contributed by atoms with van der Waals surface area (Å²) in [6, 6.07) is 8.33. The summed E-state index contributed by atoms with van der Waals surface area (Å²) in [5, 5.41) is 15.0. The van der Waals surface area contributed by atoms with Gasteiger partial charge in [0.1, 0.15) is 0 Å². The molecular weight excluding hydrogens is 404 g/mol. The van der Waals surface area contributed by atoms with Crippen LogP contribution in [0.5, 0.6) is 0 Å². The Labute approximate surface area is 178 Å². The number of rotatable bonds is 6. The van der Waals surface area contributed by atoms with Crippen LogP contribution in [0, 0.1) is 13.8 Å². The van der Waals surface area contributed by atoms with Crippen molar-refractivity contribution in [3.8, 4) is 5.69 Å². The molecule has 0 spiro atoms. The fraction of sp³-hybridized carbons (Fsp3) is 0.400. The lowest BCUT2D eigenvalue weighted by Crippen LogP contribution is -2.31. The van der Waals surface area contributed by atoms with Crippen molar-refractivity contribution in [1.29, 1.82) is 0 Å². The Morgan fingerprint density at radius 2 is 1.90 bits per heavy atom. The molecule has 0 atom stereocenters. The van der Waals surface area contributed by atoms with Gasteiger partial charge >= 0.3 is 0 Å². The molecule has 1 aliphatic heterocycles. The van der Waals surface area contributed by atoms with Gasteiger partial charge < -0.3 is 10.2 Å². The van der Waals surface area contributed by atoms with Crippen LogP contribution in [0.4, 0.5) is 11.1 Å². The average molecular weight is 429 g/mol. The van der Waals surface area contributed by atoms with E-state index in [9.17, 15) is 4.79 Å². The lowest BCUT2D eigenvalue weighted by atomic mass is 10.1. The van der Waals surface area contributed by atoms with Gasteiger partial charge in [-0.2, -0.15) is 0 Å². The number of piperidine rings is 1. The molecule has 0 saturated carbocycles. The van der Waals surface area contributed by atoms with Crippen molar-refractivity contribution in [2.45, 2.75) is 38.3 Å². The molecule has 1 saturated heterocycles. The molecule has 0 unspecified atom stereocenters. The summed E-state index contributed by atoms with van der Waals surface area (Å²) in [4.78, 5) is 18.9. The van der Waals surface area contributed by atoms with Crippen LogP contribution >= 0.6 is 23.1 Å². The summed E-state index contributed by atoms with van der Waals surface area (Å²) >= 11 is 2.82. The van der Waals surface area contributed by atoms with Gasteiger partial charge in [0, 0.05) is 18.5 Å². The average Bonchev–Trinajstić information content (AvgIpc) is 3.34. The van der Waals surface area contributed by atoms with Gasteiger partial charge in [-0.3, -0.25) is 9.36 Å². The second-order valence-corrected chi connectivity index (χ2v) is 8.93. The predicted octanol–water partition coefficient (Wildman–Crippen LogP) is 4.06. The quantitative estimate of drug-likeness (QED) is 0.597. The summed E-state index contributed by atoms with van der Waals surface area (Å²) < 4.78 is 2.07. The summed E-state index contributed by atoms with van der Waals surface area (Å²) in [7, 11) is 0. The number of nitrogens with zero attached hydrogens (tertiary/aromatic N) is 5. The van der Waals surface area contributed by atoms with Crippen LogP contribution in [0.15, 0.2) is 34.8 Å². The van der Waals surface area contributed by atoms with Crippen LogP contribution in [0.3, 0.4) is 0 Å². The van der Waals surface area contributed by atoms with Crippen LogP contribution in [0.25, 0.3) is 5.69 Å². The van der Waals surface area contributed by atoms with E-state index in [0.29, 0.717) is 5.13 Å². The number of nitrogens with one attached hydrogen (secondary N) is 1. The van der Waals surface area contributed by atoms with Crippen LogP contribution in [-0.4, -0.2) is 44.5 Å². The zero-order chi connectivity index (χ0) is 20.2. The van der Waals surface area contributed by atoms with E-state index in [1.165, 1.54) is 47.9 Å². The van der Waals surface area contributed by atoms with Crippen molar-refractivity contribution in [3.63, 3.8) is 0 Å². The Hall–Kier alpha value is -2.39. The third kappa shape index (κ3) is 4.79. The van der Waals surface area contributed by atoms with E-state index < -0.39 is 0 Å². The maximum atomic E-state index is 12.4. The first-order chi connectivity index (χ1) is 14.1. The molecule has 1 amide bonds. The predicted molar refractivity (Wildman–Crippen MR) is 118 cm³/mol. The maximum absolute atomic E-state index is 12.4. The van der Waals surface area contributed by atoms with Gasteiger partial charge in [-0.15, -0.1) is 21.5 Å². The summed E-state index contributed by atoms with van der Waals surface area (Å²) in [6.07, 6.45) is 3.59. The summed E-state index contributed by atoms with van der Waals surface area (Å²) in [5.41, 5.74) is 3.12. The first kappa shape index (κ1) is 19.9. The first-order valence-electron chi connectivity index (χ1n) is 9.72. The number of thioether (sulfide) groups is 1. The van der Waals surface area contributed by atoms with Crippen LogP contribution in [0.2, 0.25) is 0 Å². The molecule has 1 fully saturated rings. The molecule has 3 aromatic rings. The number of anilines is 2. The number of carbonyl (C=O) groups excluding carboxylic acids is 1. The third-order valence-corrected chi connectivity index (χ3v) is 6.55. The Kier molecular flexibility index (Phi) is 6.15. The molecule has 1 aliphatic rings. The molecule has 0 aliphatic carbocycles. The fourth-order valence-corrected chi connectivity index (χ4v) is 4.72. The summed E-state index contributed by atoms with van der Waals surface area (Å²) in [5.74, 6) is 1.01. The molecule has 9 heteroatoms. The number of amides is 1. The molecule has 2 aromatic heterocycles. The maximum Gasteiger partial charge on any atom is 0.236 e. The van der Waals surface area contributed by atoms with Crippen molar-refractivity contribution >= 4 is 40.1 Å². The molecule has 4 rings (SSSR count). The molecule has 1 aromatic carbocycles. The molecule has 0 radical (unpaired) electrons. The van der Waals surface area contributed by atoms with Gasteiger partial charge in [-0.1, -0.05) is 29.5 Å². The number of hydrogen-bond donors (Lipinski definition) is 1. The van der Waals surface area contributed by atoms with Crippen molar-refractivity contribution in [2.24, 2.45) is 0 Å². The number of aromatic nitrogens is 4. The molecule has 1 N–H and O–H groups in total. The highest BCUT2D eigenvalue weighted by molar-refractivity contribution is 7.99. The SMILES string of the molecule is Cc1ccc(-n2c(SCC(=O)Nc3nc(C)cs3)nnc2N2CCCCC2)cc1. The molecule has 3 heterocycles. The van der Waals surface area contributed by atoms with Gasteiger partial charge in [0.05, 0.1) is 17.1 Å². The van der Waals surface area contributed by atoms with Gasteiger partial charge in [-0.25, -0.2) is 4.98 Å². The smallest absolute Gasteiger partial charge is 0.236 e. The van der Waals surface area contributed by atoms with Gasteiger partial charge in [0.15, 0.2) is 10.3 Å². The minimum absolute atomic E-state index is 0.0951. The molecule has 7 nitrogen and oxygen atoms in total. The van der Waals surface area contributed by atoms with E-state index in [2.05, 4.69) is 61.2 Å². The minimum atomic E-state index is -0.0951. The van der Waals surface area contributed by atoms with Gasteiger partial charge in [0.2, 0.25) is 11.9 Å². The standard InChI is InChI=1S/C20H24N6OS2/c1-14-6-8-16(9-7-14)26-19(25-10-4-3-5-11-25)23-24-20(26)29-13-17(27)22-18-21-15(2)12-28-18/h6-9,12H,3-5,10-11,13H2,1-2H3,(H,21,22,27). The van der Waals surface area contributed by atoms with E-state index in [1.807, 2.05) is 12.3 Å². The molecule has 152 valence electrons. The highest BCUT2D eigenvalue weighted by Gasteiger charge is 2.22. The van der Waals surface area contributed by atoms with Crippen LogP contribution in [-0.2, 0) is 4.79 Å². The Balaban J connectivity index is 1.54. The zero-order valence-electron chi connectivity index (χ0n) is 16.6. The number of benzene rings is 1. The zero-order valence-corrected chi connectivity index (χ0v) is 18.2. The van der Waals surface area contributed by atoms with Gasteiger partial charge in [0.25, 0.3) is 0 Å². The fourth-order valence-electron chi connectivity index (χ4n) is 3.27. The number of carbonyl (C=O) groups is 1. The van der Waals surface area contributed by atoms with Crippen molar-refractivity contribution < 1.29 is 4.79 Å². The van der Waals surface area contributed by atoms with E-state index >= 15 is 0 Å². The highest BCUT2D eigenvalue weighted by atomic mass is 32.2. The van der Waals surface area contributed by atoms with E-state index in [4.69, 9.17) is 0 Å². The molecule has 0 bridgehead atoms. The lowest BCUT2D eigenvalue weighted by Gasteiger charge is -2.27. The van der Waals surface area contributed by atoms with E-state index in [-0.39, 0.29) is 11.7 Å². The number of aryl methyl sites for hydroxylation is 2. The molecular formula is C20H24N6OS2. The normalized spacial score (nSPS) is 14.2. The lowest BCUT2D eigenvalue weighted by molar-refractivity contribution is -0.113. The highest BCUT2D eigenvalue weighted by Crippen LogP contribution is 2.28. The largest absolute Gasteiger partial charge is 0.341 e.